The van der Waals surface area contributed by atoms with Crippen LogP contribution in [0.5, 0.6) is 5.88 Å². The first-order valence-corrected chi connectivity index (χ1v) is 8.77. The second-order valence-electron chi connectivity index (χ2n) is 7.39. The Labute approximate surface area is 156 Å². The van der Waals surface area contributed by atoms with Crippen molar-refractivity contribution >= 4 is 28.6 Å². The molecule has 3 rings (SSSR count). The molecule has 140 valence electrons. The first-order valence-electron chi connectivity index (χ1n) is 8.40. The Balaban J connectivity index is 1.76. The number of nitrogens with zero attached hydrogens (tertiary/aromatic N) is 2. The molecule has 6 nitrogen and oxygen atoms in total. The van der Waals surface area contributed by atoms with Crippen molar-refractivity contribution in [2.75, 3.05) is 6.54 Å². The average molecular weight is 382 g/mol. The van der Waals surface area contributed by atoms with Crippen LogP contribution in [0.15, 0.2) is 18.2 Å². The summed E-state index contributed by atoms with van der Waals surface area (Å²) in [5, 5.41) is 3.21. The number of aromatic nitrogens is 2. The van der Waals surface area contributed by atoms with Crippen LogP contribution in [0.2, 0.25) is 5.15 Å². The van der Waals surface area contributed by atoms with Crippen molar-refractivity contribution in [3.05, 3.63) is 29.2 Å². The first kappa shape index (κ1) is 18.8. The van der Waals surface area contributed by atoms with Crippen molar-refractivity contribution in [1.29, 1.82) is 0 Å². The highest BCUT2D eigenvalue weighted by Gasteiger charge is 2.41. The van der Waals surface area contributed by atoms with Gasteiger partial charge in [0.2, 0.25) is 0 Å². The molecule has 0 unspecified atom stereocenters. The topological polar surface area (TPSA) is 73.3 Å². The summed E-state index contributed by atoms with van der Waals surface area (Å²) in [5.41, 5.74) is 0.272. The van der Waals surface area contributed by atoms with E-state index in [0.717, 1.165) is 0 Å². The van der Waals surface area contributed by atoms with Crippen molar-refractivity contribution in [2.24, 2.45) is 5.92 Å². The fraction of sp³-hybridized carbons (Fsp3) is 0.500. The Hall–Kier alpha value is -1.99. The molecule has 8 heteroatoms. The van der Waals surface area contributed by atoms with Crippen LogP contribution < -0.4 is 10.1 Å². The molecule has 0 amide bonds. The number of esters is 1. The summed E-state index contributed by atoms with van der Waals surface area (Å²) >= 11 is 6.15. The van der Waals surface area contributed by atoms with Gasteiger partial charge >= 0.3 is 5.97 Å². The SMILES string of the molecule is C[C@@H]1[C@@H](Oc2nc3cc(F)ccc3nc2Cl)CN[C@@H]1C(=O)OC(C)(C)C. The van der Waals surface area contributed by atoms with Crippen molar-refractivity contribution in [3.63, 3.8) is 0 Å². The monoisotopic (exact) mass is 381 g/mol. The van der Waals surface area contributed by atoms with Crippen LogP contribution in [0.3, 0.4) is 0 Å². The predicted molar refractivity (Wildman–Crippen MR) is 95.7 cm³/mol. The Morgan fingerprint density at radius 3 is 2.73 bits per heavy atom. The van der Waals surface area contributed by atoms with E-state index in [2.05, 4.69) is 15.3 Å². The van der Waals surface area contributed by atoms with Gasteiger partial charge in [0.1, 0.15) is 23.6 Å². The standard InChI is InChI=1S/C18H21ClFN3O3/c1-9-13(8-21-14(9)17(24)26-18(2,3)4)25-16-15(19)22-11-6-5-10(20)7-12(11)23-16/h5-7,9,13-14,21H,8H2,1-4H3/t9-,13+,14+/m1/s1. The van der Waals surface area contributed by atoms with Gasteiger partial charge in [-0.25, -0.2) is 14.4 Å². The third kappa shape index (κ3) is 4.04. The van der Waals surface area contributed by atoms with Crippen molar-refractivity contribution in [3.8, 4) is 5.88 Å². The Kier molecular flexibility index (Phi) is 5.03. The number of ether oxygens (including phenoxy) is 2. The third-order valence-corrected chi connectivity index (χ3v) is 4.38. The van der Waals surface area contributed by atoms with E-state index in [0.29, 0.717) is 17.6 Å². The molecular formula is C18H21ClFN3O3. The van der Waals surface area contributed by atoms with Crippen molar-refractivity contribution in [2.45, 2.75) is 45.4 Å². The average Bonchev–Trinajstić information content (AvgIpc) is 2.88. The fourth-order valence-electron chi connectivity index (χ4n) is 2.85. The number of benzene rings is 1. The molecule has 2 aromatic rings. The maximum Gasteiger partial charge on any atom is 0.324 e. The number of carbonyl (C=O) groups excluding carboxylic acids is 1. The van der Waals surface area contributed by atoms with Gasteiger partial charge in [-0.15, -0.1) is 0 Å². The van der Waals surface area contributed by atoms with Gasteiger partial charge < -0.3 is 14.8 Å². The zero-order chi connectivity index (χ0) is 19.1. The minimum absolute atomic E-state index is 0.0945. The lowest BCUT2D eigenvalue weighted by atomic mass is 10.0. The third-order valence-electron chi connectivity index (χ3n) is 4.13. The first-order chi connectivity index (χ1) is 12.1. The molecule has 1 aliphatic heterocycles. The molecular weight excluding hydrogens is 361 g/mol. The number of carbonyl (C=O) groups is 1. The van der Waals surface area contributed by atoms with Gasteiger partial charge in [0.05, 0.1) is 11.0 Å². The molecule has 1 aromatic heterocycles. The van der Waals surface area contributed by atoms with Gasteiger partial charge in [0, 0.05) is 18.5 Å². The highest BCUT2D eigenvalue weighted by Crippen LogP contribution is 2.28. The summed E-state index contributed by atoms with van der Waals surface area (Å²) < 4.78 is 24.7. The summed E-state index contributed by atoms with van der Waals surface area (Å²) in [6.07, 6.45) is -0.342. The molecule has 0 saturated carbocycles. The Morgan fingerprint density at radius 2 is 2.04 bits per heavy atom. The lowest BCUT2D eigenvalue weighted by Gasteiger charge is -2.24. The molecule has 1 saturated heterocycles. The Morgan fingerprint density at radius 1 is 1.31 bits per heavy atom. The quantitative estimate of drug-likeness (QED) is 0.823. The van der Waals surface area contributed by atoms with Crippen molar-refractivity contribution < 1.29 is 18.7 Å². The molecule has 1 aliphatic rings. The van der Waals surface area contributed by atoms with Crippen LogP contribution in [0.4, 0.5) is 4.39 Å². The highest BCUT2D eigenvalue weighted by atomic mass is 35.5. The molecule has 0 spiro atoms. The van der Waals surface area contributed by atoms with E-state index in [4.69, 9.17) is 21.1 Å². The van der Waals surface area contributed by atoms with Crippen LogP contribution in [0.1, 0.15) is 27.7 Å². The number of hydrogen-bond acceptors (Lipinski definition) is 6. The van der Waals surface area contributed by atoms with E-state index >= 15 is 0 Å². The fourth-order valence-corrected chi connectivity index (χ4v) is 3.03. The van der Waals surface area contributed by atoms with Crippen molar-refractivity contribution in [1.82, 2.24) is 15.3 Å². The predicted octanol–water partition coefficient (Wildman–Crippen LogP) is 3.12. The lowest BCUT2D eigenvalue weighted by Crippen LogP contribution is -2.40. The molecule has 1 N–H and O–H groups in total. The number of nitrogens with one attached hydrogen (secondary N) is 1. The summed E-state index contributed by atoms with van der Waals surface area (Å²) in [4.78, 5) is 20.8. The number of rotatable bonds is 3. The second kappa shape index (κ2) is 6.96. The second-order valence-corrected chi connectivity index (χ2v) is 7.75. The van der Waals surface area contributed by atoms with E-state index < -0.39 is 17.5 Å². The largest absolute Gasteiger partial charge is 0.470 e. The van der Waals surface area contributed by atoms with Gasteiger partial charge in [0.15, 0.2) is 5.15 Å². The molecule has 1 fully saturated rings. The van der Waals surface area contributed by atoms with Gasteiger partial charge in [0.25, 0.3) is 5.88 Å². The van der Waals surface area contributed by atoms with Gasteiger partial charge in [-0.05, 0) is 32.9 Å². The maximum absolute atomic E-state index is 13.4. The number of fused-ring (bicyclic) bond motifs is 1. The summed E-state index contributed by atoms with van der Waals surface area (Å²) in [6, 6.07) is 3.59. The maximum atomic E-state index is 13.4. The van der Waals surface area contributed by atoms with E-state index in [1.54, 1.807) is 0 Å². The molecule has 0 aliphatic carbocycles. The normalized spacial score (nSPS) is 23.2. The molecule has 2 heterocycles. The molecule has 1 aromatic carbocycles. The van der Waals surface area contributed by atoms with Gasteiger partial charge in [-0.2, -0.15) is 0 Å². The van der Waals surface area contributed by atoms with Crippen LogP contribution in [-0.4, -0.2) is 40.2 Å². The van der Waals surface area contributed by atoms with E-state index in [1.165, 1.54) is 18.2 Å². The van der Waals surface area contributed by atoms with Crippen LogP contribution in [-0.2, 0) is 9.53 Å². The molecule has 0 bridgehead atoms. The molecule has 0 radical (unpaired) electrons. The number of halogens is 2. The molecule has 3 atom stereocenters. The summed E-state index contributed by atoms with van der Waals surface area (Å²) in [5.74, 6) is -0.783. The lowest BCUT2D eigenvalue weighted by molar-refractivity contribution is -0.158. The van der Waals surface area contributed by atoms with Crippen LogP contribution in [0.25, 0.3) is 11.0 Å². The van der Waals surface area contributed by atoms with Crippen LogP contribution >= 0.6 is 11.6 Å². The zero-order valence-electron chi connectivity index (χ0n) is 15.0. The van der Waals surface area contributed by atoms with E-state index in [1.807, 2.05) is 27.7 Å². The van der Waals surface area contributed by atoms with Gasteiger partial charge in [-0.1, -0.05) is 18.5 Å². The minimum Gasteiger partial charge on any atom is -0.470 e. The highest BCUT2D eigenvalue weighted by molar-refractivity contribution is 6.31. The molecule has 26 heavy (non-hydrogen) atoms. The van der Waals surface area contributed by atoms with Crippen LogP contribution in [0, 0.1) is 11.7 Å². The van der Waals surface area contributed by atoms with Gasteiger partial charge in [-0.3, -0.25) is 4.79 Å². The smallest absolute Gasteiger partial charge is 0.324 e. The summed E-state index contributed by atoms with van der Waals surface area (Å²) in [7, 11) is 0. The van der Waals surface area contributed by atoms with E-state index in [9.17, 15) is 9.18 Å². The minimum atomic E-state index is -0.561. The number of hydrogen-bond donors (Lipinski definition) is 1. The summed E-state index contributed by atoms with van der Waals surface area (Å²) in [6.45, 7) is 7.79. The van der Waals surface area contributed by atoms with E-state index in [-0.39, 0.29) is 29.0 Å². The zero-order valence-corrected chi connectivity index (χ0v) is 15.8. The Bertz CT molecular complexity index is 840.